The fourth-order valence-electron chi connectivity index (χ4n) is 2.03. The first-order valence-electron chi connectivity index (χ1n) is 6.60. The van der Waals surface area contributed by atoms with Gasteiger partial charge in [0.15, 0.2) is 0 Å². The minimum absolute atomic E-state index is 0.441. The molecule has 0 amide bonds. The third-order valence-corrected chi connectivity index (χ3v) is 3.04. The van der Waals surface area contributed by atoms with Crippen LogP contribution in [0.1, 0.15) is 11.3 Å². The molecule has 0 saturated heterocycles. The van der Waals surface area contributed by atoms with Crippen molar-refractivity contribution in [2.75, 3.05) is 18.0 Å². The van der Waals surface area contributed by atoms with E-state index in [0.29, 0.717) is 12.2 Å². The zero-order valence-electron chi connectivity index (χ0n) is 11.4. The molecule has 1 heterocycles. The highest BCUT2D eigenvalue weighted by Crippen LogP contribution is 2.12. The molecular weight excluding hydrogens is 246 g/mol. The quantitative estimate of drug-likeness (QED) is 0.751. The van der Waals surface area contributed by atoms with Crippen LogP contribution in [0.4, 0.5) is 5.82 Å². The first-order chi connectivity index (χ1) is 9.83. The second kappa shape index (κ2) is 7.10. The van der Waals surface area contributed by atoms with Gasteiger partial charge in [-0.05, 0) is 24.1 Å². The summed E-state index contributed by atoms with van der Waals surface area (Å²) < 4.78 is 0. The topological polar surface area (TPSA) is 39.9 Å². The third kappa shape index (κ3) is 3.69. The zero-order valence-corrected chi connectivity index (χ0v) is 11.4. The van der Waals surface area contributed by atoms with Crippen LogP contribution < -0.4 is 4.90 Å². The third-order valence-electron chi connectivity index (χ3n) is 3.04. The number of benzene rings is 1. The summed E-state index contributed by atoms with van der Waals surface area (Å²) in [6.45, 7) is 5.35. The minimum Gasteiger partial charge on any atom is -0.353 e. The van der Waals surface area contributed by atoms with E-state index in [4.69, 9.17) is 5.26 Å². The largest absolute Gasteiger partial charge is 0.353 e. The Morgan fingerprint density at radius 3 is 2.65 bits per heavy atom. The van der Waals surface area contributed by atoms with Crippen LogP contribution in [0, 0.1) is 11.3 Å². The first-order valence-corrected chi connectivity index (χ1v) is 6.60. The Labute approximate surface area is 119 Å². The number of hydrogen-bond acceptors (Lipinski definition) is 3. The van der Waals surface area contributed by atoms with Gasteiger partial charge in [-0.2, -0.15) is 5.26 Å². The van der Waals surface area contributed by atoms with E-state index in [0.717, 1.165) is 18.8 Å². The van der Waals surface area contributed by atoms with E-state index in [-0.39, 0.29) is 0 Å². The molecule has 20 heavy (non-hydrogen) atoms. The Balaban J connectivity index is 2.10. The first kappa shape index (κ1) is 13.8. The van der Waals surface area contributed by atoms with Crippen LogP contribution in [0.3, 0.4) is 0 Å². The monoisotopic (exact) mass is 263 g/mol. The summed E-state index contributed by atoms with van der Waals surface area (Å²) in [6, 6.07) is 17.9. The van der Waals surface area contributed by atoms with Gasteiger partial charge in [0.2, 0.25) is 0 Å². The fourth-order valence-corrected chi connectivity index (χ4v) is 2.03. The number of pyridine rings is 1. The molecule has 0 fully saturated rings. The van der Waals surface area contributed by atoms with Crippen molar-refractivity contribution < 1.29 is 0 Å². The number of hydrogen-bond donors (Lipinski definition) is 0. The van der Waals surface area contributed by atoms with Gasteiger partial charge in [0.25, 0.3) is 0 Å². The summed E-state index contributed by atoms with van der Waals surface area (Å²) in [5.74, 6) is 0.819. The van der Waals surface area contributed by atoms with Crippen molar-refractivity contribution in [2.24, 2.45) is 0 Å². The highest BCUT2D eigenvalue weighted by atomic mass is 15.2. The van der Waals surface area contributed by atoms with Gasteiger partial charge in [-0.1, -0.05) is 42.5 Å². The van der Waals surface area contributed by atoms with Crippen LogP contribution in [0.5, 0.6) is 0 Å². The van der Waals surface area contributed by atoms with E-state index in [1.54, 1.807) is 6.07 Å². The minimum atomic E-state index is 0.441. The lowest BCUT2D eigenvalue weighted by Gasteiger charge is -2.22. The lowest BCUT2D eigenvalue weighted by molar-refractivity contribution is 0.819. The molecule has 0 aliphatic carbocycles. The van der Waals surface area contributed by atoms with E-state index in [1.165, 1.54) is 5.56 Å². The lowest BCUT2D eigenvalue weighted by atomic mass is 10.1. The average Bonchev–Trinajstić information content (AvgIpc) is 2.52. The van der Waals surface area contributed by atoms with Crippen LogP contribution in [0.15, 0.2) is 61.2 Å². The summed E-state index contributed by atoms with van der Waals surface area (Å²) in [7, 11) is 0. The molecule has 0 aliphatic rings. The van der Waals surface area contributed by atoms with Gasteiger partial charge >= 0.3 is 0 Å². The molecular formula is C17H17N3. The van der Waals surface area contributed by atoms with E-state index in [2.05, 4.69) is 34.7 Å². The molecule has 0 unspecified atom stereocenters. The summed E-state index contributed by atoms with van der Waals surface area (Å²) >= 11 is 0. The number of anilines is 1. The van der Waals surface area contributed by atoms with Gasteiger partial charge in [0.1, 0.15) is 17.6 Å². The smallest absolute Gasteiger partial charge is 0.142 e. The Morgan fingerprint density at radius 2 is 1.95 bits per heavy atom. The number of nitriles is 1. The van der Waals surface area contributed by atoms with Gasteiger partial charge < -0.3 is 4.90 Å². The van der Waals surface area contributed by atoms with Crippen molar-refractivity contribution in [2.45, 2.75) is 6.42 Å². The predicted molar refractivity (Wildman–Crippen MR) is 81.5 cm³/mol. The van der Waals surface area contributed by atoms with E-state index in [9.17, 15) is 0 Å². The van der Waals surface area contributed by atoms with Crippen LogP contribution >= 0.6 is 0 Å². The second-order valence-corrected chi connectivity index (χ2v) is 4.46. The molecule has 0 N–H and O–H groups in total. The molecule has 1 aromatic heterocycles. The predicted octanol–water partition coefficient (Wildman–Crippen LogP) is 3.19. The van der Waals surface area contributed by atoms with Gasteiger partial charge in [-0.25, -0.2) is 4.98 Å². The van der Waals surface area contributed by atoms with Crippen LogP contribution in [-0.4, -0.2) is 18.1 Å². The fraction of sp³-hybridized carbons (Fsp3) is 0.176. The number of nitrogens with zero attached hydrogens (tertiary/aromatic N) is 3. The molecule has 2 rings (SSSR count). The highest BCUT2D eigenvalue weighted by Gasteiger charge is 2.07. The molecule has 0 bridgehead atoms. The van der Waals surface area contributed by atoms with Crippen molar-refractivity contribution in [1.82, 2.24) is 4.98 Å². The van der Waals surface area contributed by atoms with Crippen molar-refractivity contribution in [3.63, 3.8) is 0 Å². The van der Waals surface area contributed by atoms with Gasteiger partial charge in [-0.15, -0.1) is 6.58 Å². The Kier molecular flexibility index (Phi) is 4.91. The number of aromatic nitrogens is 1. The standard InChI is InChI=1S/C17H17N3/c1-2-12-20(13-11-15-7-4-3-5-8-15)17-10-6-9-16(14-18)19-17/h2-10H,1,11-13H2. The lowest BCUT2D eigenvalue weighted by Crippen LogP contribution is -2.26. The molecule has 100 valence electrons. The highest BCUT2D eigenvalue weighted by molar-refractivity contribution is 5.42. The molecule has 0 saturated carbocycles. The number of rotatable bonds is 6. The Hall–Kier alpha value is -2.60. The Bertz CT molecular complexity index is 599. The molecule has 0 spiro atoms. The van der Waals surface area contributed by atoms with Crippen molar-refractivity contribution >= 4 is 5.82 Å². The summed E-state index contributed by atoms with van der Waals surface area (Å²) in [6.07, 6.45) is 2.79. The van der Waals surface area contributed by atoms with Crippen molar-refractivity contribution in [3.05, 3.63) is 72.4 Å². The second-order valence-electron chi connectivity index (χ2n) is 4.46. The molecule has 1 aromatic carbocycles. The summed E-state index contributed by atoms with van der Waals surface area (Å²) in [5.41, 5.74) is 1.73. The maximum atomic E-state index is 8.93. The van der Waals surface area contributed by atoms with Crippen LogP contribution in [-0.2, 0) is 6.42 Å². The van der Waals surface area contributed by atoms with Crippen LogP contribution in [0.25, 0.3) is 0 Å². The van der Waals surface area contributed by atoms with E-state index in [1.807, 2.05) is 36.4 Å². The Morgan fingerprint density at radius 1 is 1.15 bits per heavy atom. The van der Waals surface area contributed by atoms with E-state index < -0.39 is 0 Å². The van der Waals surface area contributed by atoms with Gasteiger partial charge in [-0.3, -0.25) is 0 Å². The molecule has 0 atom stereocenters. The van der Waals surface area contributed by atoms with Crippen LogP contribution in [0.2, 0.25) is 0 Å². The molecule has 3 nitrogen and oxygen atoms in total. The molecule has 3 heteroatoms. The summed E-state index contributed by atoms with van der Waals surface area (Å²) in [4.78, 5) is 6.47. The molecule has 2 aromatic rings. The van der Waals surface area contributed by atoms with Gasteiger partial charge in [0, 0.05) is 13.1 Å². The SMILES string of the molecule is C=CCN(CCc1ccccc1)c1cccc(C#N)n1. The van der Waals surface area contributed by atoms with E-state index >= 15 is 0 Å². The maximum absolute atomic E-state index is 8.93. The maximum Gasteiger partial charge on any atom is 0.142 e. The molecule has 0 radical (unpaired) electrons. The normalized spacial score (nSPS) is 9.75. The average molecular weight is 263 g/mol. The van der Waals surface area contributed by atoms with Crippen molar-refractivity contribution in [1.29, 1.82) is 5.26 Å². The zero-order chi connectivity index (χ0) is 14.2. The summed E-state index contributed by atoms with van der Waals surface area (Å²) in [5, 5.41) is 8.93. The van der Waals surface area contributed by atoms with Crippen molar-refractivity contribution in [3.8, 4) is 6.07 Å². The van der Waals surface area contributed by atoms with Gasteiger partial charge in [0.05, 0.1) is 0 Å². The molecule has 0 aliphatic heterocycles.